The molecule has 0 spiro atoms. The van der Waals surface area contributed by atoms with Crippen LogP contribution >= 0.6 is 23.2 Å². The molecule has 106 valence electrons. The summed E-state index contributed by atoms with van der Waals surface area (Å²) in [5.74, 6) is 0.555. The monoisotopic (exact) mass is 319 g/mol. The Kier molecular flexibility index (Phi) is 4.03. The highest BCUT2D eigenvalue weighted by Gasteiger charge is 2.05. The van der Waals surface area contributed by atoms with Gasteiger partial charge in [0.1, 0.15) is 0 Å². The van der Waals surface area contributed by atoms with E-state index in [1.54, 1.807) is 12.1 Å². The van der Waals surface area contributed by atoms with Crippen molar-refractivity contribution in [3.05, 3.63) is 58.1 Å². The third-order valence-electron chi connectivity index (χ3n) is 2.96. The van der Waals surface area contributed by atoms with Crippen LogP contribution < -0.4 is 5.32 Å². The molecule has 0 radical (unpaired) electrons. The number of tetrazole rings is 1. The second-order valence-electron chi connectivity index (χ2n) is 4.41. The lowest BCUT2D eigenvalue weighted by atomic mass is 10.1. The van der Waals surface area contributed by atoms with E-state index in [9.17, 15) is 0 Å². The number of hydrogen-bond acceptors (Lipinski definition) is 4. The van der Waals surface area contributed by atoms with Crippen molar-refractivity contribution >= 4 is 28.9 Å². The van der Waals surface area contributed by atoms with Crippen molar-refractivity contribution in [1.29, 1.82) is 0 Å². The number of H-pyrrole nitrogens is 1. The Morgan fingerprint density at radius 2 is 2.00 bits per heavy atom. The van der Waals surface area contributed by atoms with E-state index >= 15 is 0 Å². The van der Waals surface area contributed by atoms with E-state index in [2.05, 4.69) is 25.9 Å². The number of rotatable bonds is 4. The predicted molar refractivity (Wildman–Crippen MR) is 83.4 cm³/mol. The van der Waals surface area contributed by atoms with Crippen molar-refractivity contribution in [3.63, 3.8) is 0 Å². The Hall–Kier alpha value is -2.11. The van der Waals surface area contributed by atoms with E-state index in [0.29, 0.717) is 22.4 Å². The van der Waals surface area contributed by atoms with Crippen molar-refractivity contribution in [2.45, 2.75) is 6.54 Å². The second-order valence-corrected chi connectivity index (χ2v) is 5.25. The van der Waals surface area contributed by atoms with Crippen LogP contribution in [-0.4, -0.2) is 20.6 Å². The van der Waals surface area contributed by atoms with Crippen molar-refractivity contribution < 1.29 is 0 Å². The first-order valence-corrected chi connectivity index (χ1v) is 6.99. The molecule has 0 unspecified atom stereocenters. The van der Waals surface area contributed by atoms with Gasteiger partial charge in [0, 0.05) is 27.8 Å². The van der Waals surface area contributed by atoms with Crippen molar-refractivity contribution in [3.8, 4) is 11.4 Å². The lowest BCUT2D eigenvalue weighted by Crippen LogP contribution is -2.00. The van der Waals surface area contributed by atoms with Gasteiger partial charge in [-0.25, -0.2) is 0 Å². The van der Waals surface area contributed by atoms with Crippen LogP contribution in [-0.2, 0) is 6.54 Å². The molecule has 0 aliphatic rings. The molecule has 3 rings (SSSR count). The van der Waals surface area contributed by atoms with E-state index in [-0.39, 0.29) is 0 Å². The molecule has 0 atom stereocenters. The fraction of sp³-hybridized carbons (Fsp3) is 0.0714. The molecular weight excluding hydrogens is 309 g/mol. The van der Waals surface area contributed by atoms with Crippen molar-refractivity contribution in [1.82, 2.24) is 20.6 Å². The Labute approximate surface area is 131 Å². The highest BCUT2D eigenvalue weighted by Crippen LogP contribution is 2.23. The van der Waals surface area contributed by atoms with Crippen LogP contribution in [0.4, 0.5) is 5.69 Å². The van der Waals surface area contributed by atoms with Gasteiger partial charge in [-0.2, -0.15) is 5.21 Å². The Morgan fingerprint density at radius 1 is 1.10 bits per heavy atom. The van der Waals surface area contributed by atoms with E-state index in [1.807, 2.05) is 30.3 Å². The number of halogens is 2. The minimum atomic E-state index is 0.555. The standard InChI is InChI=1S/C14H11Cl2N5/c15-11-4-5-13(16)10(6-11)8-17-12-3-1-2-9(7-12)14-18-20-21-19-14/h1-7,17H,8H2,(H,18,19,20,21). The normalized spacial score (nSPS) is 10.6. The average Bonchev–Trinajstić information content (AvgIpc) is 3.03. The summed E-state index contributed by atoms with van der Waals surface area (Å²) in [4.78, 5) is 0. The predicted octanol–water partition coefficient (Wildman–Crippen LogP) is 3.79. The lowest BCUT2D eigenvalue weighted by Gasteiger charge is -2.09. The van der Waals surface area contributed by atoms with Crippen LogP contribution in [0.5, 0.6) is 0 Å². The Morgan fingerprint density at radius 3 is 2.81 bits per heavy atom. The van der Waals surface area contributed by atoms with Gasteiger partial charge in [0.05, 0.1) is 0 Å². The van der Waals surface area contributed by atoms with Crippen LogP contribution in [0.3, 0.4) is 0 Å². The third kappa shape index (κ3) is 3.32. The first-order chi connectivity index (χ1) is 10.2. The number of aromatic amines is 1. The fourth-order valence-corrected chi connectivity index (χ4v) is 2.31. The molecular formula is C14H11Cl2N5. The van der Waals surface area contributed by atoms with Gasteiger partial charge in [0.15, 0.2) is 0 Å². The number of nitrogens with zero attached hydrogens (tertiary/aromatic N) is 3. The molecule has 21 heavy (non-hydrogen) atoms. The number of aromatic nitrogens is 4. The molecule has 0 aliphatic carbocycles. The van der Waals surface area contributed by atoms with E-state index in [0.717, 1.165) is 16.8 Å². The highest BCUT2D eigenvalue weighted by molar-refractivity contribution is 6.33. The Balaban J connectivity index is 1.76. The van der Waals surface area contributed by atoms with Crippen molar-refractivity contribution in [2.75, 3.05) is 5.32 Å². The van der Waals surface area contributed by atoms with E-state index in [4.69, 9.17) is 23.2 Å². The topological polar surface area (TPSA) is 66.5 Å². The van der Waals surface area contributed by atoms with Gasteiger partial charge in [-0.05, 0) is 41.1 Å². The molecule has 1 heterocycles. The molecule has 5 nitrogen and oxygen atoms in total. The number of anilines is 1. The zero-order chi connectivity index (χ0) is 14.7. The lowest BCUT2D eigenvalue weighted by molar-refractivity contribution is 0.881. The smallest absolute Gasteiger partial charge is 0.204 e. The van der Waals surface area contributed by atoms with E-state index in [1.165, 1.54) is 0 Å². The number of hydrogen-bond donors (Lipinski definition) is 2. The summed E-state index contributed by atoms with van der Waals surface area (Å²) < 4.78 is 0. The number of benzene rings is 2. The minimum Gasteiger partial charge on any atom is -0.381 e. The molecule has 7 heteroatoms. The second kappa shape index (κ2) is 6.11. The quantitative estimate of drug-likeness (QED) is 0.767. The summed E-state index contributed by atoms with van der Waals surface area (Å²) in [5, 5.41) is 18.6. The summed E-state index contributed by atoms with van der Waals surface area (Å²) in [6.07, 6.45) is 0. The zero-order valence-corrected chi connectivity index (χ0v) is 12.4. The SMILES string of the molecule is Clc1ccc(Cl)c(CNc2cccc(-c3nn[nH]n3)c2)c1. The van der Waals surface area contributed by atoms with Crippen molar-refractivity contribution in [2.24, 2.45) is 0 Å². The largest absolute Gasteiger partial charge is 0.381 e. The van der Waals surface area contributed by atoms with Gasteiger partial charge < -0.3 is 5.32 Å². The maximum absolute atomic E-state index is 6.14. The molecule has 1 aromatic heterocycles. The zero-order valence-electron chi connectivity index (χ0n) is 10.8. The maximum Gasteiger partial charge on any atom is 0.204 e. The molecule has 0 saturated heterocycles. The molecule has 0 aliphatic heterocycles. The maximum atomic E-state index is 6.14. The van der Waals surface area contributed by atoms with Gasteiger partial charge in [0.25, 0.3) is 0 Å². The van der Waals surface area contributed by atoms with Gasteiger partial charge in [-0.3, -0.25) is 0 Å². The highest BCUT2D eigenvalue weighted by atomic mass is 35.5. The first-order valence-electron chi connectivity index (χ1n) is 6.24. The molecule has 3 aromatic rings. The molecule has 2 aromatic carbocycles. The molecule has 0 saturated carbocycles. The molecule has 0 bridgehead atoms. The summed E-state index contributed by atoms with van der Waals surface area (Å²) in [5.41, 5.74) is 2.76. The van der Waals surface area contributed by atoms with Gasteiger partial charge in [-0.15, -0.1) is 10.2 Å². The van der Waals surface area contributed by atoms with Crippen LogP contribution in [0.1, 0.15) is 5.56 Å². The molecule has 0 amide bonds. The van der Waals surface area contributed by atoms with Crippen LogP contribution in [0, 0.1) is 0 Å². The summed E-state index contributed by atoms with van der Waals surface area (Å²) in [6.45, 7) is 0.578. The molecule has 0 fully saturated rings. The first kappa shape index (κ1) is 13.9. The van der Waals surface area contributed by atoms with E-state index < -0.39 is 0 Å². The molecule has 2 N–H and O–H groups in total. The number of nitrogens with one attached hydrogen (secondary N) is 2. The summed E-state index contributed by atoms with van der Waals surface area (Å²) in [7, 11) is 0. The fourth-order valence-electron chi connectivity index (χ4n) is 1.93. The summed E-state index contributed by atoms with van der Waals surface area (Å²) >= 11 is 12.1. The summed E-state index contributed by atoms with van der Waals surface area (Å²) in [6, 6.07) is 13.2. The van der Waals surface area contributed by atoms with Crippen LogP contribution in [0.15, 0.2) is 42.5 Å². The van der Waals surface area contributed by atoms with Crippen LogP contribution in [0.2, 0.25) is 10.0 Å². The van der Waals surface area contributed by atoms with Crippen LogP contribution in [0.25, 0.3) is 11.4 Å². The van der Waals surface area contributed by atoms with Gasteiger partial charge >= 0.3 is 0 Å². The van der Waals surface area contributed by atoms with Gasteiger partial charge in [0.2, 0.25) is 5.82 Å². The van der Waals surface area contributed by atoms with Gasteiger partial charge in [-0.1, -0.05) is 35.3 Å². The third-order valence-corrected chi connectivity index (χ3v) is 3.56. The average molecular weight is 320 g/mol. The minimum absolute atomic E-state index is 0.555. The Bertz CT molecular complexity index is 743.